The molecule has 164 valence electrons. The number of nitro groups is 1. The largest absolute Gasteiger partial charge is 0.456 e. The summed E-state index contributed by atoms with van der Waals surface area (Å²) in [6, 6.07) is 25.9. The Morgan fingerprint density at radius 3 is 2.50 bits per heavy atom. The van der Waals surface area contributed by atoms with Gasteiger partial charge in [-0.2, -0.15) is 0 Å². The summed E-state index contributed by atoms with van der Waals surface area (Å²) < 4.78 is 11.6. The number of benzene rings is 4. The molecule has 2 aromatic heterocycles. The third-order valence-electron chi connectivity index (χ3n) is 5.38. The lowest BCUT2D eigenvalue weighted by atomic mass is 10.1. The lowest BCUT2D eigenvalue weighted by Gasteiger charge is -2.01. The number of oxazole rings is 1. The molecule has 0 bridgehead atoms. The quantitative estimate of drug-likeness (QED) is 0.148. The highest BCUT2D eigenvalue weighted by molar-refractivity contribution is 7.99. The number of fused-ring (bicyclic) bond motifs is 4. The second-order valence-electron chi connectivity index (χ2n) is 7.57. The van der Waals surface area contributed by atoms with Crippen LogP contribution in [0.15, 0.2) is 109 Å². The van der Waals surface area contributed by atoms with Crippen LogP contribution in [0.25, 0.3) is 33.0 Å². The van der Waals surface area contributed by atoms with E-state index < -0.39 is 4.92 Å². The highest BCUT2D eigenvalue weighted by atomic mass is 32.2. The molecule has 34 heavy (non-hydrogen) atoms. The Morgan fingerprint density at radius 2 is 1.65 bits per heavy atom. The lowest BCUT2D eigenvalue weighted by Crippen LogP contribution is -1.93. The highest BCUT2D eigenvalue weighted by Crippen LogP contribution is 2.36. The van der Waals surface area contributed by atoms with E-state index in [1.807, 2.05) is 66.7 Å². The number of hydrogen-bond donors (Lipinski definition) is 0. The second-order valence-corrected chi connectivity index (χ2v) is 8.56. The minimum absolute atomic E-state index is 0.0380. The van der Waals surface area contributed by atoms with Crippen molar-refractivity contribution in [3.05, 3.63) is 101 Å². The summed E-state index contributed by atoms with van der Waals surface area (Å²) in [5.41, 5.74) is 4.17. The zero-order valence-corrected chi connectivity index (χ0v) is 18.4. The van der Waals surface area contributed by atoms with E-state index in [0.717, 1.165) is 33.7 Å². The van der Waals surface area contributed by atoms with Gasteiger partial charge < -0.3 is 8.83 Å². The average Bonchev–Trinajstić information content (AvgIpc) is 3.43. The van der Waals surface area contributed by atoms with Gasteiger partial charge in [-0.15, -0.1) is 0 Å². The molecule has 0 aliphatic heterocycles. The zero-order chi connectivity index (χ0) is 23.1. The molecule has 6 rings (SSSR count). The second kappa shape index (κ2) is 8.17. The first-order chi connectivity index (χ1) is 16.6. The number of aliphatic imine (C=N–C) groups is 1. The Balaban J connectivity index is 1.29. The first-order valence-corrected chi connectivity index (χ1v) is 11.2. The van der Waals surface area contributed by atoms with Crippen molar-refractivity contribution in [1.29, 1.82) is 0 Å². The van der Waals surface area contributed by atoms with Crippen LogP contribution in [0.1, 0.15) is 5.56 Å². The fraction of sp³-hybridized carbons (Fsp3) is 0. The van der Waals surface area contributed by atoms with Gasteiger partial charge in [-0.05, 0) is 53.7 Å². The van der Waals surface area contributed by atoms with E-state index in [1.54, 1.807) is 18.3 Å². The summed E-state index contributed by atoms with van der Waals surface area (Å²) in [5, 5.41) is 14.1. The van der Waals surface area contributed by atoms with Gasteiger partial charge in [0.15, 0.2) is 5.58 Å². The third kappa shape index (κ3) is 3.70. The van der Waals surface area contributed by atoms with Gasteiger partial charge in [0, 0.05) is 29.1 Å². The van der Waals surface area contributed by atoms with E-state index in [9.17, 15) is 10.1 Å². The van der Waals surface area contributed by atoms with Crippen molar-refractivity contribution in [2.75, 3.05) is 0 Å². The van der Waals surface area contributed by atoms with Crippen LogP contribution in [0.4, 0.5) is 11.4 Å². The molecule has 6 aromatic rings. The molecule has 0 spiro atoms. The van der Waals surface area contributed by atoms with Gasteiger partial charge in [-0.1, -0.05) is 36.4 Å². The van der Waals surface area contributed by atoms with Crippen molar-refractivity contribution in [1.82, 2.24) is 4.98 Å². The molecule has 7 nitrogen and oxygen atoms in total. The van der Waals surface area contributed by atoms with Crippen molar-refractivity contribution in [3.8, 4) is 0 Å². The van der Waals surface area contributed by atoms with E-state index in [0.29, 0.717) is 32.5 Å². The molecule has 4 aromatic carbocycles. The van der Waals surface area contributed by atoms with E-state index in [-0.39, 0.29) is 5.69 Å². The molecule has 0 saturated heterocycles. The van der Waals surface area contributed by atoms with Crippen LogP contribution in [0.2, 0.25) is 0 Å². The van der Waals surface area contributed by atoms with Crippen LogP contribution in [0.5, 0.6) is 0 Å². The number of aromatic nitrogens is 1. The van der Waals surface area contributed by atoms with E-state index in [4.69, 9.17) is 8.83 Å². The Bertz CT molecular complexity index is 1700. The Hall–Kier alpha value is -4.43. The molecule has 0 saturated carbocycles. The average molecular weight is 465 g/mol. The molecule has 0 aliphatic rings. The van der Waals surface area contributed by atoms with Crippen molar-refractivity contribution < 1.29 is 13.8 Å². The smallest absolute Gasteiger partial charge is 0.284 e. The first-order valence-electron chi connectivity index (χ1n) is 10.4. The predicted molar refractivity (Wildman–Crippen MR) is 132 cm³/mol. The van der Waals surface area contributed by atoms with E-state index >= 15 is 0 Å². The topological polar surface area (TPSA) is 94.7 Å². The number of furan rings is 1. The SMILES string of the molecule is O=[N+]([O-])c1cc(C=Nc2ccc3c(c2)oc2ccccc23)ccc1Sc1nc2ccccc2o1. The molecular weight excluding hydrogens is 450 g/mol. The summed E-state index contributed by atoms with van der Waals surface area (Å²) in [6.45, 7) is 0. The van der Waals surface area contributed by atoms with Gasteiger partial charge in [-0.3, -0.25) is 15.1 Å². The number of nitro benzene ring substituents is 1. The fourth-order valence-electron chi connectivity index (χ4n) is 3.78. The van der Waals surface area contributed by atoms with Crippen LogP contribution in [-0.4, -0.2) is 16.1 Å². The number of rotatable bonds is 5. The molecule has 0 aliphatic carbocycles. The van der Waals surface area contributed by atoms with Gasteiger partial charge in [-0.25, -0.2) is 4.98 Å². The van der Waals surface area contributed by atoms with Crippen molar-refractivity contribution in [2.45, 2.75) is 10.1 Å². The molecule has 0 unspecified atom stereocenters. The summed E-state index contributed by atoms with van der Waals surface area (Å²) in [5.74, 6) is 0. The third-order valence-corrected chi connectivity index (χ3v) is 6.29. The molecular formula is C26H15N3O4S. The van der Waals surface area contributed by atoms with Gasteiger partial charge in [0.2, 0.25) is 0 Å². The predicted octanol–water partition coefficient (Wildman–Crippen LogP) is 7.54. The van der Waals surface area contributed by atoms with Crippen molar-refractivity contribution >= 4 is 62.4 Å². The monoisotopic (exact) mass is 465 g/mol. The van der Waals surface area contributed by atoms with Gasteiger partial charge in [0.1, 0.15) is 16.7 Å². The molecule has 0 atom stereocenters. The molecule has 0 radical (unpaired) electrons. The Morgan fingerprint density at radius 1 is 0.853 bits per heavy atom. The van der Waals surface area contributed by atoms with Crippen LogP contribution >= 0.6 is 11.8 Å². The number of para-hydroxylation sites is 3. The summed E-state index contributed by atoms with van der Waals surface area (Å²) in [4.78, 5) is 20.6. The summed E-state index contributed by atoms with van der Waals surface area (Å²) >= 11 is 1.12. The maximum Gasteiger partial charge on any atom is 0.284 e. The van der Waals surface area contributed by atoms with E-state index in [2.05, 4.69) is 9.98 Å². The standard InChI is InChI=1S/C26H15N3O4S/c30-29(31)21-13-16(9-12-25(21)34-26-28-20-6-2-4-8-23(20)33-26)15-27-17-10-11-19-18-5-1-3-7-22(18)32-24(19)14-17/h1-15H. The molecule has 0 N–H and O–H groups in total. The van der Waals surface area contributed by atoms with Crippen LogP contribution in [-0.2, 0) is 0 Å². The normalized spacial score (nSPS) is 11.8. The maximum atomic E-state index is 11.7. The minimum Gasteiger partial charge on any atom is -0.456 e. The molecule has 0 amide bonds. The zero-order valence-electron chi connectivity index (χ0n) is 17.5. The van der Waals surface area contributed by atoms with Crippen molar-refractivity contribution in [3.63, 3.8) is 0 Å². The van der Waals surface area contributed by atoms with E-state index in [1.165, 1.54) is 6.07 Å². The molecule has 0 fully saturated rings. The summed E-state index contributed by atoms with van der Waals surface area (Å²) in [7, 11) is 0. The van der Waals surface area contributed by atoms with Gasteiger partial charge in [0.05, 0.1) is 15.5 Å². The first kappa shape index (κ1) is 20.2. The lowest BCUT2D eigenvalue weighted by molar-refractivity contribution is -0.387. The van der Waals surface area contributed by atoms with Gasteiger partial charge in [0.25, 0.3) is 10.9 Å². The molecule has 8 heteroatoms. The van der Waals surface area contributed by atoms with Crippen LogP contribution in [0.3, 0.4) is 0 Å². The maximum absolute atomic E-state index is 11.7. The minimum atomic E-state index is -0.414. The summed E-state index contributed by atoms with van der Waals surface area (Å²) in [6.07, 6.45) is 1.60. The Labute approximate surface area is 196 Å². The molecule has 2 heterocycles. The fourth-order valence-corrected chi connectivity index (χ4v) is 4.61. The van der Waals surface area contributed by atoms with Gasteiger partial charge >= 0.3 is 0 Å². The highest BCUT2D eigenvalue weighted by Gasteiger charge is 2.18. The number of nitrogens with zero attached hydrogens (tertiary/aromatic N) is 3. The Kier molecular flexibility index (Phi) is 4.85. The van der Waals surface area contributed by atoms with Crippen molar-refractivity contribution in [2.24, 2.45) is 4.99 Å². The number of hydrogen-bond acceptors (Lipinski definition) is 7. The van der Waals surface area contributed by atoms with Crippen LogP contribution in [0, 0.1) is 10.1 Å². The van der Waals surface area contributed by atoms with Crippen LogP contribution < -0.4 is 0 Å².